The Labute approximate surface area is 227 Å². The van der Waals surface area contributed by atoms with Crippen molar-refractivity contribution in [3.8, 4) is 0 Å². The molecule has 38 heavy (non-hydrogen) atoms. The number of piperidine rings is 1. The van der Waals surface area contributed by atoms with E-state index in [2.05, 4.69) is 26.3 Å². The number of piperazine rings is 1. The highest BCUT2D eigenvalue weighted by Gasteiger charge is 2.33. The number of thiophene rings is 1. The van der Waals surface area contributed by atoms with Gasteiger partial charge in [0.25, 0.3) is 10.0 Å². The fraction of sp³-hybridized carbons (Fsp3) is 0.500. The van der Waals surface area contributed by atoms with Gasteiger partial charge in [-0.2, -0.15) is 4.31 Å². The Morgan fingerprint density at radius 2 is 1.76 bits per heavy atom. The smallest absolute Gasteiger partial charge is 0.252 e. The molecule has 0 unspecified atom stereocenters. The molecule has 206 valence electrons. The van der Waals surface area contributed by atoms with Gasteiger partial charge in [0.15, 0.2) is 0 Å². The summed E-state index contributed by atoms with van der Waals surface area (Å²) in [4.78, 5) is 8.73. The molecule has 2 aliphatic rings. The van der Waals surface area contributed by atoms with E-state index in [0.717, 1.165) is 16.3 Å². The molecule has 0 spiro atoms. The summed E-state index contributed by atoms with van der Waals surface area (Å²) in [5.41, 5.74) is 7.67. The van der Waals surface area contributed by atoms with Gasteiger partial charge in [-0.25, -0.2) is 17.8 Å². The molecule has 3 aromatic rings. The number of aromatic nitrogens is 2. The fourth-order valence-corrected chi connectivity index (χ4v) is 8.06. The second-order valence-electron chi connectivity index (χ2n) is 10.3. The van der Waals surface area contributed by atoms with Gasteiger partial charge in [0, 0.05) is 57.5 Å². The maximum atomic E-state index is 13.4. The van der Waals surface area contributed by atoms with Gasteiger partial charge in [-0.3, -0.25) is 4.90 Å². The molecule has 1 aromatic carbocycles. The van der Waals surface area contributed by atoms with Crippen molar-refractivity contribution in [2.45, 2.75) is 42.1 Å². The topological polar surface area (TPSA) is 108 Å². The molecule has 3 N–H and O–H groups in total. The number of sulfonamides is 1. The third-order valence-electron chi connectivity index (χ3n) is 7.78. The molecule has 0 radical (unpaired) electrons. The highest BCUT2D eigenvalue weighted by molar-refractivity contribution is 7.91. The molecule has 2 fully saturated rings. The minimum atomic E-state index is -3.57. The van der Waals surface area contributed by atoms with Crippen LogP contribution in [0.25, 0.3) is 0 Å². The SMILES string of the molecule is C[C@H](c1ccc(F)cc1)n1cncc1CN1CCN(S(=O)(=O)c2ccc(N3CCC(N)(CO)CC3)s2)CC1. The summed E-state index contributed by atoms with van der Waals surface area (Å²) >= 11 is 1.30. The molecule has 1 atom stereocenters. The van der Waals surface area contributed by atoms with Gasteiger partial charge in [0.2, 0.25) is 0 Å². The predicted octanol–water partition coefficient (Wildman–Crippen LogP) is 2.49. The van der Waals surface area contributed by atoms with E-state index in [0.29, 0.717) is 62.9 Å². The molecular formula is C26H35FN6O3S2. The van der Waals surface area contributed by atoms with Crippen molar-refractivity contribution in [3.05, 3.63) is 66.0 Å². The van der Waals surface area contributed by atoms with Crippen molar-refractivity contribution in [2.75, 3.05) is 50.8 Å². The van der Waals surface area contributed by atoms with Gasteiger partial charge >= 0.3 is 0 Å². The first-order valence-corrected chi connectivity index (χ1v) is 15.2. The maximum Gasteiger partial charge on any atom is 0.252 e. The summed E-state index contributed by atoms with van der Waals surface area (Å²) in [5.74, 6) is -0.259. The average molecular weight is 563 g/mol. The van der Waals surface area contributed by atoms with Crippen molar-refractivity contribution < 1.29 is 17.9 Å². The molecule has 0 aliphatic carbocycles. The van der Waals surface area contributed by atoms with Crippen LogP contribution in [0.15, 0.2) is 53.1 Å². The van der Waals surface area contributed by atoms with Crippen LogP contribution in [-0.4, -0.2) is 83.7 Å². The lowest BCUT2D eigenvalue weighted by Gasteiger charge is -2.38. The normalized spacial score (nSPS) is 20.1. The Morgan fingerprint density at radius 3 is 2.42 bits per heavy atom. The number of benzene rings is 1. The van der Waals surface area contributed by atoms with Crippen LogP contribution >= 0.6 is 11.3 Å². The summed E-state index contributed by atoms with van der Waals surface area (Å²) < 4.78 is 44.1. The van der Waals surface area contributed by atoms with Crippen LogP contribution in [0, 0.1) is 5.82 Å². The zero-order valence-corrected chi connectivity index (χ0v) is 23.2. The lowest BCUT2D eigenvalue weighted by molar-refractivity contribution is 0.170. The van der Waals surface area contributed by atoms with Crippen molar-refractivity contribution in [2.24, 2.45) is 5.73 Å². The lowest BCUT2D eigenvalue weighted by Crippen LogP contribution is -2.52. The highest BCUT2D eigenvalue weighted by Crippen LogP contribution is 2.34. The van der Waals surface area contributed by atoms with E-state index < -0.39 is 15.6 Å². The number of halogens is 1. The number of hydrogen-bond donors (Lipinski definition) is 2. The van der Waals surface area contributed by atoms with Crippen LogP contribution in [-0.2, 0) is 16.6 Å². The van der Waals surface area contributed by atoms with Crippen LogP contribution in [0.4, 0.5) is 9.39 Å². The third-order valence-corrected chi connectivity index (χ3v) is 11.3. The van der Waals surface area contributed by atoms with Gasteiger partial charge in [-0.15, -0.1) is 11.3 Å². The predicted molar refractivity (Wildman–Crippen MR) is 146 cm³/mol. The van der Waals surface area contributed by atoms with E-state index in [4.69, 9.17) is 5.73 Å². The second kappa shape index (κ2) is 11.0. The van der Waals surface area contributed by atoms with Gasteiger partial charge in [-0.05, 0) is 49.6 Å². The van der Waals surface area contributed by atoms with Gasteiger partial charge in [0.1, 0.15) is 10.0 Å². The number of hydrogen-bond acceptors (Lipinski definition) is 8. The molecule has 0 saturated carbocycles. The first kappa shape index (κ1) is 27.2. The molecule has 12 heteroatoms. The number of anilines is 1. The first-order chi connectivity index (χ1) is 18.2. The minimum Gasteiger partial charge on any atom is -0.394 e. The van der Waals surface area contributed by atoms with E-state index in [9.17, 15) is 17.9 Å². The third kappa shape index (κ3) is 5.65. The van der Waals surface area contributed by atoms with E-state index >= 15 is 0 Å². The number of nitrogens with two attached hydrogens (primary N) is 1. The van der Waals surface area contributed by atoms with Crippen molar-refractivity contribution in [1.82, 2.24) is 18.8 Å². The Morgan fingerprint density at radius 1 is 1.08 bits per heavy atom. The summed E-state index contributed by atoms with van der Waals surface area (Å²) in [6.45, 7) is 6.18. The summed E-state index contributed by atoms with van der Waals surface area (Å²) in [7, 11) is -3.57. The van der Waals surface area contributed by atoms with Crippen LogP contribution in [0.1, 0.15) is 37.1 Å². The van der Waals surface area contributed by atoms with Crippen molar-refractivity contribution >= 4 is 26.4 Å². The Kier molecular flexibility index (Phi) is 7.90. The zero-order valence-electron chi connectivity index (χ0n) is 21.5. The van der Waals surface area contributed by atoms with E-state index in [1.807, 2.05) is 12.3 Å². The molecule has 2 aromatic heterocycles. The maximum absolute atomic E-state index is 13.4. The summed E-state index contributed by atoms with van der Waals surface area (Å²) in [6.07, 6.45) is 4.98. The van der Waals surface area contributed by atoms with Gasteiger partial charge < -0.3 is 20.3 Å². The lowest BCUT2D eigenvalue weighted by atomic mass is 9.90. The van der Waals surface area contributed by atoms with Crippen LogP contribution in [0.3, 0.4) is 0 Å². The molecule has 0 bridgehead atoms. The van der Waals surface area contributed by atoms with Crippen LogP contribution < -0.4 is 10.6 Å². The quantitative estimate of drug-likeness (QED) is 0.434. The molecule has 9 nitrogen and oxygen atoms in total. The zero-order chi connectivity index (χ0) is 26.9. The van der Waals surface area contributed by atoms with E-state index in [1.165, 1.54) is 23.5 Å². The first-order valence-electron chi connectivity index (χ1n) is 12.9. The molecule has 0 amide bonds. The Bertz CT molecular complexity index is 1330. The monoisotopic (exact) mass is 562 g/mol. The standard InChI is InChI=1S/C26H35FN6O3S2/c1-20(21-2-4-22(27)5-3-21)33-19-29-16-23(33)17-30-12-14-32(15-13-30)38(35,36)25-7-6-24(37-25)31-10-8-26(28,18-34)9-11-31/h2-7,16,19-20,34H,8-15,17-18,28H2,1H3/t20-/m1/s1. The molecule has 2 saturated heterocycles. The van der Waals surface area contributed by atoms with Crippen LogP contribution in [0.2, 0.25) is 0 Å². The number of aliphatic hydroxyl groups is 1. The minimum absolute atomic E-state index is 0.00704. The molecule has 4 heterocycles. The number of rotatable bonds is 8. The van der Waals surface area contributed by atoms with Gasteiger partial charge in [-0.1, -0.05) is 12.1 Å². The number of nitrogens with zero attached hydrogens (tertiary/aromatic N) is 5. The number of aliphatic hydroxyl groups excluding tert-OH is 1. The fourth-order valence-electron chi connectivity index (χ4n) is 5.14. The number of imidazole rings is 1. The highest BCUT2D eigenvalue weighted by atomic mass is 32.2. The van der Waals surface area contributed by atoms with E-state index in [1.54, 1.807) is 28.8 Å². The Hall–Kier alpha value is -2.35. The molecule has 5 rings (SSSR count). The van der Waals surface area contributed by atoms with E-state index in [-0.39, 0.29) is 18.5 Å². The molecular weight excluding hydrogens is 527 g/mol. The summed E-state index contributed by atoms with van der Waals surface area (Å²) in [5, 5.41) is 10.4. The van der Waals surface area contributed by atoms with Gasteiger partial charge in [0.05, 0.1) is 29.7 Å². The molecule has 2 aliphatic heterocycles. The van der Waals surface area contributed by atoms with Crippen molar-refractivity contribution in [3.63, 3.8) is 0 Å². The van der Waals surface area contributed by atoms with Crippen molar-refractivity contribution in [1.29, 1.82) is 0 Å². The Balaban J connectivity index is 1.18. The summed E-state index contributed by atoms with van der Waals surface area (Å²) in [6, 6.07) is 10.1. The van der Waals surface area contributed by atoms with Crippen LogP contribution in [0.5, 0.6) is 0 Å². The average Bonchev–Trinajstić information content (AvgIpc) is 3.60. The largest absolute Gasteiger partial charge is 0.394 e. The second-order valence-corrected chi connectivity index (χ2v) is 13.5.